The first-order valence-corrected chi connectivity index (χ1v) is 8.81. The van der Waals surface area contributed by atoms with Gasteiger partial charge in [0.25, 0.3) is 11.8 Å². The first-order chi connectivity index (χ1) is 12.3. The summed E-state index contributed by atoms with van der Waals surface area (Å²) in [5.41, 5.74) is 0.616. The quantitative estimate of drug-likeness (QED) is 0.780. The van der Waals surface area contributed by atoms with Crippen LogP contribution in [0.3, 0.4) is 0 Å². The molecular formula is C19H22N2O5. The van der Waals surface area contributed by atoms with Gasteiger partial charge in [-0.15, -0.1) is 0 Å². The Bertz CT molecular complexity index is 738. The van der Waals surface area contributed by atoms with Gasteiger partial charge in [0, 0.05) is 6.04 Å². The number of carboxylic acids is 1. The maximum Gasteiger partial charge on any atom is 0.306 e. The van der Waals surface area contributed by atoms with Crippen LogP contribution in [-0.4, -0.2) is 45.8 Å². The van der Waals surface area contributed by atoms with Crippen molar-refractivity contribution in [2.24, 2.45) is 11.8 Å². The Balaban J connectivity index is 1.78. The Morgan fingerprint density at radius 1 is 1.12 bits per heavy atom. The minimum atomic E-state index is -0.925. The number of hydrogen-bond donors (Lipinski definition) is 2. The van der Waals surface area contributed by atoms with Crippen LogP contribution in [0, 0.1) is 11.8 Å². The molecule has 1 fully saturated rings. The molecule has 0 radical (unpaired) electrons. The Labute approximate surface area is 151 Å². The summed E-state index contributed by atoms with van der Waals surface area (Å²) in [6, 6.07) is 5.36. The third kappa shape index (κ3) is 3.09. The monoisotopic (exact) mass is 358 g/mol. The van der Waals surface area contributed by atoms with Gasteiger partial charge in [-0.25, -0.2) is 0 Å². The van der Waals surface area contributed by atoms with Gasteiger partial charge in [-0.2, -0.15) is 0 Å². The van der Waals surface area contributed by atoms with E-state index in [-0.39, 0.29) is 12.0 Å². The van der Waals surface area contributed by atoms with Crippen LogP contribution in [0.4, 0.5) is 0 Å². The number of carboxylic acid groups (broad SMARTS) is 1. The van der Waals surface area contributed by atoms with E-state index in [0.29, 0.717) is 30.4 Å². The Kier molecular flexibility index (Phi) is 4.80. The Morgan fingerprint density at radius 3 is 2.15 bits per heavy atom. The highest BCUT2D eigenvalue weighted by Gasteiger charge is 2.44. The van der Waals surface area contributed by atoms with Crippen LogP contribution in [0.2, 0.25) is 0 Å². The fraction of sp³-hybridized carbons (Fsp3) is 0.474. The van der Waals surface area contributed by atoms with Gasteiger partial charge in [0.1, 0.15) is 6.04 Å². The average Bonchev–Trinajstić information content (AvgIpc) is 3.14. The summed E-state index contributed by atoms with van der Waals surface area (Å²) in [5, 5.41) is 11.9. The van der Waals surface area contributed by atoms with E-state index in [0.717, 1.165) is 4.90 Å². The molecule has 1 unspecified atom stereocenters. The lowest BCUT2D eigenvalue weighted by Crippen LogP contribution is -2.53. The standard InChI is InChI=1S/C19H22N2O5/c1-10(2)15(16(22)20-12-8-7-11(9-12)19(25)26)21-17(23)13-5-3-4-6-14(13)18(21)24/h3-6,10-12,15H,7-9H2,1-2H3,(H,20,22)(H,25,26)/t11-,12+,15?/m0/s1. The molecule has 3 rings (SSSR count). The molecule has 0 aromatic heterocycles. The maximum absolute atomic E-state index is 12.8. The van der Waals surface area contributed by atoms with Gasteiger partial charge < -0.3 is 10.4 Å². The van der Waals surface area contributed by atoms with Crippen molar-refractivity contribution in [3.63, 3.8) is 0 Å². The minimum absolute atomic E-state index is 0.250. The maximum atomic E-state index is 12.8. The van der Waals surface area contributed by atoms with Crippen LogP contribution in [0.1, 0.15) is 53.8 Å². The number of nitrogens with zero attached hydrogens (tertiary/aromatic N) is 1. The zero-order valence-corrected chi connectivity index (χ0v) is 14.8. The molecule has 7 heteroatoms. The predicted molar refractivity (Wildman–Crippen MR) is 92.5 cm³/mol. The molecule has 7 nitrogen and oxygen atoms in total. The lowest BCUT2D eigenvalue weighted by Gasteiger charge is -2.29. The van der Waals surface area contributed by atoms with Crippen molar-refractivity contribution in [2.75, 3.05) is 0 Å². The van der Waals surface area contributed by atoms with E-state index in [1.165, 1.54) is 0 Å². The summed E-state index contributed by atoms with van der Waals surface area (Å²) < 4.78 is 0. The highest BCUT2D eigenvalue weighted by Crippen LogP contribution is 2.29. The van der Waals surface area contributed by atoms with Crippen molar-refractivity contribution >= 4 is 23.7 Å². The molecule has 0 spiro atoms. The van der Waals surface area contributed by atoms with Gasteiger partial charge in [-0.3, -0.25) is 24.1 Å². The number of rotatable bonds is 5. The molecule has 3 atom stereocenters. The highest BCUT2D eigenvalue weighted by molar-refractivity contribution is 6.22. The number of carbonyl (C=O) groups is 4. The van der Waals surface area contributed by atoms with Crippen LogP contribution in [-0.2, 0) is 9.59 Å². The number of fused-ring (bicyclic) bond motifs is 1. The van der Waals surface area contributed by atoms with E-state index >= 15 is 0 Å². The average molecular weight is 358 g/mol. The molecule has 2 N–H and O–H groups in total. The van der Waals surface area contributed by atoms with Crippen molar-refractivity contribution in [2.45, 2.75) is 45.2 Å². The molecule has 0 bridgehead atoms. The summed E-state index contributed by atoms with van der Waals surface area (Å²) >= 11 is 0. The van der Waals surface area contributed by atoms with Crippen molar-refractivity contribution < 1.29 is 24.3 Å². The minimum Gasteiger partial charge on any atom is -0.481 e. The summed E-state index contributed by atoms with van der Waals surface area (Å²) in [6.45, 7) is 3.56. The molecule has 26 heavy (non-hydrogen) atoms. The SMILES string of the molecule is CC(C)C(C(=O)N[C@@H]1CC[C@H](C(=O)O)C1)N1C(=O)c2ccccc2C1=O. The van der Waals surface area contributed by atoms with Crippen molar-refractivity contribution in [1.29, 1.82) is 0 Å². The fourth-order valence-corrected chi connectivity index (χ4v) is 3.80. The second-order valence-electron chi connectivity index (χ2n) is 7.27. The number of carbonyl (C=O) groups excluding carboxylic acids is 3. The van der Waals surface area contributed by atoms with Crippen LogP contribution in [0.15, 0.2) is 24.3 Å². The molecule has 138 valence electrons. The zero-order chi connectivity index (χ0) is 19.0. The summed E-state index contributed by atoms with van der Waals surface area (Å²) in [4.78, 5) is 50.3. The molecule has 1 aromatic carbocycles. The van der Waals surface area contributed by atoms with Gasteiger partial charge in [-0.05, 0) is 37.3 Å². The molecule has 1 saturated carbocycles. The number of amides is 3. The van der Waals surface area contributed by atoms with Gasteiger partial charge >= 0.3 is 5.97 Å². The van der Waals surface area contributed by atoms with Gasteiger partial charge in [0.2, 0.25) is 5.91 Å². The molecule has 0 saturated heterocycles. The molecule has 1 aliphatic heterocycles. The third-order valence-corrected chi connectivity index (χ3v) is 5.13. The number of benzene rings is 1. The smallest absolute Gasteiger partial charge is 0.306 e. The first kappa shape index (κ1) is 18.1. The number of imide groups is 1. The second-order valence-corrected chi connectivity index (χ2v) is 7.27. The van der Waals surface area contributed by atoms with Gasteiger partial charge in [-0.1, -0.05) is 26.0 Å². The number of hydrogen-bond acceptors (Lipinski definition) is 4. The lowest BCUT2D eigenvalue weighted by atomic mass is 10.0. The van der Waals surface area contributed by atoms with Crippen LogP contribution < -0.4 is 5.32 Å². The fourth-order valence-electron chi connectivity index (χ4n) is 3.80. The van der Waals surface area contributed by atoms with Crippen molar-refractivity contribution in [1.82, 2.24) is 10.2 Å². The van der Waals surface area contributed by atoms with Crippen LogP contribution >= 0.6 is 0 Å². The Morgan fingerprint density at radius 2 is 1.69 bits per heavy atom. The van der Waals surface area contributed by atoms with Crippen molar-refractivity contribution in [3.05, 3.63) is 35.4 Å². The largest absolute Gasteiger partial charge is 0.481 e. The Hall–Kier alpha value is -2.70. The number of nitrogens with one attached hydrogen (secondary N) is 1. The summed E-state index contributed by atoms with van der Waals surface area (Å²) in [7, 11) is 0. The van der Waals surface area contributed by atoms with E-state index < -0.39 is 35.7 Å². The van der Waals surface area contributed by atoms with Crippen molar-refractivity contribution in [3.8, 4) is 0 Å². The summed E-state index contributed by atoms with van der Waals surface area (Å²) in [5.74, 6) is -2.93. The van der Waals surface area contributed by atoms with E-state index in [1.54, 1.807) is 38.1 Å². The molecule has 1 aromatic rings. The van der Waals surface area contributed by atoms with E-state index in [9.17, 15) is 19.2 Å². The van der Waals surface area contributed by atoms with Crippen LogP contribution in [0.25, 0.3) is 0 Å². The molecule has 1 heterocycles. The highest BCUT2D eigenvalue weighted by atomic mass is 16.4. The predicted octanol–water partition coefficient (Wildman–Crippen LogP) is 1.68. The zero-order valence-electron chi connectivity index (χ0n) is 14.8. The molecule has 2 aliphatic rings. The lowest BCUT2D eigenvalue weighted by molar-refractivity contribution is -0.141. The van der Waals surface area contributed by atoms with E-state index in [4.69, 9.17) is 5.11 Å². The molecule has 1 aliphatic carbocycles. The van der Waals surface area contributed by atoms with Gasteiger partial charge in [0.15, 0.2) is 0 Å². The summed E-state index contributed by atoms with van der Waals surface area (Å²) in [6.07, 6.45) is 1.46. The van der Waals surface area contributed by atoms with Gasteiger partial charge in [0.05, 0.1) is 17.0 Å². The normalized spacial score (nSPS) is 23.3. The number of aliphatic carboxylic acids is 1. The van der Waals surface area contributed by atoms with Crippen LogP contribution in [0.5, 0.6) is 0 Å². The third-order valence-electron chi connectivity index (χ3n) is 5.13. The first-order valence-electron chi connectivity index (χ1n) is 8.81. The molecule has 3 amide bonds. The van der Waals surface area contributed by atoms with E-state index in [2.05, 4.69) is 5.32 Å². The topological polar surface area (TPSA) is 104 Å². The molecular weight excluding hydrogens is 336 g/mol. The van der Waals surface area contributed by atoms with E-state index in [1.807, 2.05) is 0 Å². The second kappa shape index (κ2) is 6.90.